The molecule has 7 heteroatoms. The van der Waals surface area contributed by atoms with Crippen LogP contribution in [0.3, 0.4) is 0 Å². The first-order valence-corrected chi connectivity index (χ1v) is 9.23. The molecular formula is C18H23BrClN3O2. The SMILES string of the molecule is CCCN(C(=O)c1cc(=O)[nH]c2ccc(Br)cc12)C1CCNCC1.Cl. The Morgan fingerprint density at radius 2 is 2.00 bits per heavy atom. The number of hydrogen-bond acceptors (Lipinski definition) is 3. The highest BCUT2D eigenvalue weighted by Crippen LogP contribution is 2.23. The molecule has 0 radical (unpaired) electrons. The number of rotatable bonds is 4. The zero-order valence-electron chi connectivity index (χ0n) is 14.2. The van der Waals surface area contributed by atoms with Crippen molar-refractivity contribution in [2.45, 2.75) is 32.2 Å². The second-order valence-corrected chi connectivity index (χ2v) is 7.13. The number of carbonyl (C=O) groups excluding carboxylic acids is 1. The molecule has 25 heavy (non-hydrogen) atoms. The maximum atomic E-state index is 13.2. The third-order valence-corrected chi connectivity index (χ3v) is 5.00. The molecular weight excluding hydrogens is 406 g/mol. The van der Waals surface area contributed by atoms with Crippen LogP contribution in [0.5, 0.6) is 0 Å². The van der Waals surface area contributed by atoms with Crippen LogP contribution < -0.4 is 10.9 Å². The molecule has 2 heterocycles. The van der Waals surface area contributed by atoms with Gasteiger partial charge in [-0.2, -0.15) is 0 Å². The lowest BCUT2D eigenvalue weighted by Gasteiger charge is -2.34. The molecule has 0 unspecified atom stereocenters. The predicted molar refractivity (Wildman–Crippen MR) is 107 cm³/mol. The number of nitrogens with zero attached hydrogens (tertiary/aromatic N) is 1. The number of H-pyrrole nitrogens is 1. The number of benzene rings is 1. The standard InChI is InChI=1S/C18H22BrN3O2.ClH/c1-2-9-22(13-5-7-20-8-6-13)18(24)15-11-17(23)21-16-4-3-12(19)10-14(15)16;/h3-4,10-11,13,20H,2,5-9H2,1H3,(H,21,23);1H. The van der Waals surface area contributed by atoms with Gasteiger partial charge in [0.2, 0.25) is 5.56 Å². The van der Waals surface area contributed by atoms with Crippen molar-refractivity contribution in [3.63, 3.8) is 0 Å². The van der Waals surface area contributed by atoms with Gasteiger partial charge in [0.1, 0.15) is 0 Å². The second-order valence-electron chi connectivity index (χ2n) is 6.22. The summed E-state index contributed by atoms with van der Waals surface area (Å²) in [5.74, 6) is -0.0436. The van der Waals surface area contributed by atoms with Gasteiger partial charge in [-0.05, 0) is 50.6 Å². The van der Waals surface area contributed by atoms with Crippen LogP contribution in [0.25, 0.3) is 10.9 Å². The van der Waals surface area contributed by atoms with Gasteiger partial charge in [-0.15, -0.1) is 12.4 Å². The molecule has 1 aromatic heterocycles. The fraction of sp³-hybridized carbons (Fsp3) is 0.444. The van der Waals surface area contributed by atoms with E-state index in [-0.39, 0.29) is 29.9 Å². The van der Waals surface area contributed by atoms with Crippen LogP contribution in [-0.4, -0.2) is 41.5 Å². The third-order valence-electron chi connectivity index (χ3n) is 4.51. The normalized spacial score (nSPS) is 15.0. The van der Waals surface area contributed by atoms with E-state index in [4.69, 9.17) is 0 Å². The number of piperidine rings is 1. The molecule has 0 spiro atoms. The number of amides is 1. The van der Waals surface area contributed by atoms with Gasteiger partial charge in [0, 0.05) is 34.0 Å². The first-order valence-electron chi connectivity index (χ1n) is 8.44. The monoisotopic (exact) mass is 427 g/mol. The predicted octanol–water partition coefficient (Wildman–Crippen LogP) is 3.32. The van der Waals surface area contributed by atoms with Crippen LogP contribution in [0.1, 0.15) is 36.5 Å². The van der Waals surface area contributed by atoms with E-state index < -0.39 is 0 Å². The summed E-state index contributed by atoms with van der Waals surface area (Å²) in [5, 5.41) is 4.12. The van der Waals surface area contributed by atoms with Crippen molar-refractivity contribution in [1.82, 2.24) is 15.2 Å². The van der Waals surface area contributed by atoms with Gasteiger partial charge in [-0.25, -0.2) is 0 Å². The van der Waals surface area contributed by atoms with E-state index in [0.29, 0.717) is 17.6 Å². The van der Waals surface area contributed by atoms with Crippen LogP contribution in [0.2, 0.25) is 0 Å². The Kier molecular flexibility index (Phi) is 7.04. The van der Waals surface area contributed by atoms with Gasteiger partial charge in [-0.3, -0.25) is 9.59 Å². The third kappa shape index (κ3) is 4.43. The summed E-state index contributed by atoms with van der Waals surface area (Å²) in [7, 11) is 0. The number of aromatic amines is 1. The fourth-order valence-corrected chi connectivity index (χ4v) is 3.73. The Bertz CT molecular complexity index is 802. The molecule has 1 fully saturated rings. The van der Waals surface area contributed by atoms with E-state index in [1.807, 2.05) is 23.1 Å². The summed E-state index contributed by atoms with van der Waals surface area (Å²) in [6.07, 6.45) is 2.81. The Morgan fingerprint density at radius 3 is 2.68 bits per heavy atom. The van der Waals surface area contributed by atoms with Gasteiger partial charge in [0.25, 0.3) is 5.91 Å². The largest absolute Gasteiger partial charge is 0.336 e. The molecule has 0 aliphatic carbocycles. The van der Waals surface area contributed by atoms with Crippen molar-refractivity contribution in [3.05, 3.63) is 44.7 Å². The number of pyridine rings is 1. The first-order chi connectivity index (χ1) is 11.6. The smallest absolute Gasteiger partial charge is 0.254 e. The molecule has 5 nitrogen and oxygen atoms in total. The zero-order chi connectivity index (χ0) is 17.1. The van der Waals surface area contributed by atoms with Gasteiger partial charge in [-0.1, -0.05) is 22.9 Å². The van der Waals surface area contributed by atoms with Crippen molar-refractivity contribution in [3.8, 4) is 0 Å². The van der Waals surface area contributed by atoms with Gasteiger partial charge in [0.15, 0.2) is 0 Å². The zero-order valence-corrected chi connectivity index (χ0v) is 16.6. The molecule has 1 amide bonds. The van der Waals surface area contributed by atoms with Crippen LogP contribution in [0, 0.1) is 0 Å². The van der Waals surface area contributed by atoms with Crippen LogP contribution in [0.4, 0.5) is 0 Å². The topological polar surface area (TPSA) is 65.2 Å². The Morgan fingerprint density at radius 1 is 1.28 bits per heavy atom. The molecule has 0 bridgehead atoms. The minimum atomic E-state index is -0.241. The summed E-state index contributed by atoms with van der Waals surface area (Å²) < 4.78 is 0.889. The highest BCUT2D eigenvalue weighted by Gasteiger charge is 2.27. The van der Waals surface area contributed by atoms with E-state index in [1.54, 1.807) is 0 Å². The molecule has 1 aliphatic heterocycles. The lowest BCUT2D eigenvalue weighted by Crippen LogP contribution is -2.46. The summed E-state index contributed by atoms with van der Waals surface area (Å²) >= 11 is 3.45. The molecule has 1 saturated heterocycles. The summed E-state index contributed by atoms with van der Waals surface area (Å²) in [5.41, 5.74) is 0.938. The van der Waals surface area contributed by atoms with Gasteiger partial charge in [0.05, 0.1) is 5.56 Å². The molecule has 136 valence electrons. The quantitative estimate of drug-likeness (QED) is 0.785. The van der Waals surface area contributed by atoms with Crippen molar-refractivity contribution in [2.75, 3.05) is 19.6 Å². The number of carbonyl (C=O) groups is 1. The number of fused-ring (bicyclic) bond motifs is 1. The molecule has 3 rings (SSSR count). The van der Waals surface area contributed by atoms with Crippen molar-refractivity contribution < 1.29 is 4.79 Å². The van der Waals surface area contributed by atoms with Crippen LogP contribution in [-0.2, 0) is 0 Å². The van der Waals surface area contributed by atoms with E-state index in [1.165, 1.54) is 6.07 Å². The van der Waals surface area contributed by atoms with Gasteiger partial charge >= 0.3 is 0 Å². The highest BCUT2D eigenvalue weighted by atomic mass is 79.9. The van der Waals surface area contributed by atoms with E-state index in [2.05, 4.69) is 33.2 Å². The number of hydrogen-bond donors (Lipinski definition) is 2. The maximum absolute atomic E-state index is 13.2. The molecule has 2 N–H and O–H groups in total. The van der Waals surface area contributed by atoms with E-state index in [9.17, 15) is 9.59 Å². The lowest BCUT2D eigenvalue weighted by molar-refractivity contribution is 0.0644. The number of aromatic nitrogens is 1. The minimum absolute atomic E-state index is 0. The first kappa shape index (κ1) is 19.9. The second kappa shape index (κ2) is 8.83. The number of halogens is 2. The van der Waals surface area contributed by atoms with Gasteiger partial charge < -0.3 is 15.2 Å². The molecule has 1 aromatic carbocycles. The Labute approximate surface area is 161 Å². The van der Waals surface area contributed by atoms with Crippen molar-refractivity contribution in [2.24, 2.45) is 0 Å². The van der Waals surface area contributed by atoms with Crippen molar-refractivity contribution in [1.29, 1.82) is 0 Å². The van der Waals surface area contributed by atoms with Crippen molar-refractivity contribution >= 4 is 45.1 Å². The van der Waals surface area contributed by atoms with Crippen LogP contribution in [0.15, 0.2) is 33.5 Å². The Hall–Kier alpha value is -1.37. The van der Waals surface area contributed by atoms with E-state index in [0.717, 1.165) is 42.2 Å². The minimum Gasteiger partial charge on any atom is -0.336 e. The highest BCUT2D eigenvalue weighted by molar-refractivity contribution is 9.10. The molecule has 0 atom stereocenters. The molecule has 0 saturated carbocycles. The van der Waals surface area contributed by atoms with Crippen LogP contribution >= 0.6 is 28.3 Å². The average Bonchev–Trinajstić information content (AvgIpc) is 2.59. The molecule has 1 aliphatic rings. The summed E-state index contributed by atoms with van der Waals surface area (Å²) in [4.78, 5) is 30.0. The fourth-order valence-electron chi connectivity index (χ4n) is 3.37. The lowest BCUT2D eigenvalue weighted by atomic mass is 10.0. The average molecular weight is 429 g/mol. The Balaban J connectivity index is 0.00000225. The summed E-state index contributed by atoms with van der Waals surface area (Å²) in [6, 6.07) is 7.25. The number of nitrogens with one attached hydrogen (secondary N) is 2. The van der Waals surface area contributed by atoms with E-state index >= 15 is 0 Å². The maximum Gasteiger partial charge on any atom is 0.254 e. The summed E-state index contributed by atoms with van der Waals surface area (Å²) in [6.45, 7) is 4.65. The molecule has 2 aromatic rings.